The van der Waals surface area contributed by atoms with Crippen LogP contribution in [0.25, 0.3) is 0 Å². The molecule has 0 aromatic heterocycles. The average molecular weight is 422 g/mol. The Balaban J connectivity index is 1.58. The van der Waals surface area contributed by atoms with E-state index in [-0.39, 0.29) is 46.7 Å². The predicted molar refractivity (Wildman–Crippen MR) is 111 cm³/mol. The molecule has 1 spiro atoms. The zero-order chi connectivity index (χ0) is 21.1. The largest absolute Gasteiger partial charge is 0.392 e. The van der Waals surface area contributed by atoms with Crippen molar-refractivity contribution < 1.29 is 24.4 Å². The Bertz CT molecular complexity index is 720. The van der Waals surface area contributed by atoms with E-state index in [2.05, 4.69) is 11.8 Å². The molecule has 0 radical (unpaired) electrons. The molecule has 1 aliphatic heterocycles. The Kier molecular flexibility index (Phi) is 4.36. The highest BCUT2D eigenvalue weighted by atomic mass is 16.5. The van der Waals surface area contributed by atoms with E-state index in [1.165, 1.54) is 0 Å². The van der Waals surface area contributed by atoms with Crippen molar-refractivity contribution in [2.24, 2.45) is 40.4 Å². The van der Waals surface area contributed by atoms with Crippen molar-refractivity contribution in [1.82, 2.24) is 4.90 Å². The summed E-state index contributed by atoms with van der Waals surface area (Å²) in [5.41, 5.74) is -0.719. The molecule has 0 aromatic carbocycles. The van der Waals surface area contributed by atoms with E-state index >= 15 is 0 Å². The smallest absolute Gasteiger partial charge is 0.0771 e. The standard InChI is InChI=1S/C24H39NO5/c1-5-25-11-22(12-28-2)7-6-18(30-4)24-14-8-13-16(29-3)10-23(27,19(14)20(13)26)15(21(24)25)9-17(22)24/h13-21,26-27H,5-12H2,1-4H3/t13-,14-,15+,16+,17-,18+,19-,20+,21-,22+,23+,24+/m1/s1. The summed E-state index contributed by atoms with van der Waals surface area (Å²) < 4.78 is 18.0. The number of aliphatic hydroxyl groups excluding tert-OH is 1. The van der Waals surface area contributed by atoms with Crippen LogP contribution >= 0.6 is 0 Å². The van der Waals surface area contributed by atoms with Crippen molar-refractivity contribution in [2.45, 2.75) is 69.0 Å². The fourth-order valence-corrected chi connectivity index (χ4v) is 10.7. The van der Waals surface area contributed by atoms with Crippen LogP contribution < -0.4 is 0 Å². The molecular formula is C24H39NO5. The quantitative estimate of drug-likeness (QED) is 0.702. The highest BCUT2D eigenvalue weighted by Crippen LogP contribution is 2.79. The van der Waals surface area contributed by atoms with Gasteiger partial charge in [-0.15, -0.1) is 0 Å². The lowest BCUT2D eigenvalue weighted by Gasteiger charge is -2.69. The molecular weight excluding hydrogens is 382 g/mol. The molecule has 5 saturated carbocycles. The summed E-state index contributed by atoms with van der Waals surface area (Å²) in [5, 5.41) is 23.8. The van der Waals surface area contributed by atoms with Crippen molar-refractivity contribution >= 4 is 0 Å². The van der Waals surface area contributed by atoms with Crippen LogP contribution in [0.2, 0.25) is 0 Å². The summed E-state index contributed by atoms with van der Waals surface area (Å²) in [6, 6.07) is 0.329. The van der Waals surface area contributed by atoms with Gasteiger partial charge in [0.05, 0.1) is 30.5 Å². The highest BCUT2D eigenvalue weighted by Gasteiger charge is 2.83. The van der Waals surface area contributed by atoms with Crippen LogP contribution in [0.1, 0.15) is 39.0 Å². The van der Waals surface area contributed by atoms with Gasteiger partial charge in [0.25, 0.3) is 0 Å². The molecule has 1 saturated heterocycles. The van der Waals surface area contributed by atoms with Crippen molar-refractivity contribution in [3.05, 3.63) is 0 Å². The van der Waals surface area contributed by atoms with Crippen molar-refractivity contribution in [3.8, 4) is 0 Å². The molecule has 6 nitrogen and oxygen atoms in total. The number of ether oxygens (including phenoxy) is 3. The van der Waals surface area contributed by atoms with Gasteiger partial charge in [-0.1, -0.05) is 6.92 Å². The van der Waals surface area contributed by atoms with Gasteiger partial charge < -0.3 is 24.4 Å². The molecule has 0 amide bonds. The van der Waals surface area contributed by atoms with Crippen LogP contribution in [0, 0.1) is 40.4 Å². The zero-order valence-electron chi connectivity index (χ0n) is 18.9. The molecule has 30 heavy (non-hydrogen) atoms. The van der Waals surface area contributed by atoms with E-state index in [9.17, 15) is 10.2 Å². The number of rotatable bonds is 5. The normalized spacial score (nSPS) is 60.8. The maximum Gasteiger partial charge on any atom is 0.0771 e. The van der Waals surface area contributed by atoms with Crippen molar-refractivity contribution in [3.63, 3.8) is 0 Å². The Morgan fingerprint density at radius 3 is 2.57 bits per heavy atom. The number of hydrogen-bond acceptors (Lipinski definition) is 6. The van der Waals surface area contributed by atoms with Gasteiger partial charge in [-0.05, 0) is 44.1 Å². The number of aliphatic hydroxyl groups is 2. The van der Waals surface area contributed by atoms with Gasteiger partial charge in [0.1, 0.15) is 0 Å². The minimum Gasteiger partial charge on any atom is -0.392 e. The Labute approximate surface area is 180 Å². The maximum absolute atomic E-state index is 12.4. The number of hydrogen-bond donors (Lipinski definition) is 2. The van der Waals surface area contributed by atoms with Crippen molar-refractivity contribution in [2.75, 3.05) is 41.0 Å². The Morgan fingerprint density at radius 2 is 1.90 bits per heavy atom. The molecule has 12 atom stereocenters. The molecule has 170 valence electrons. The third-order valence-electron chi connectivity index (χ3n) is 11.2. The molecule has 7 bridgehead atoms. The summed E-state index contributed by atoms with van der Waals surface area (Å²) in [7, 11) is 5.48. The minimum atomic E-state index is -0.847. The topological polar surface area (TPSA) is 71.4 Å². The first kappa shape index (κ1) is 20.4. The number of methoxy groups -OCH3 is 3. The molecule has 6 fully saturated rings. The average Bonchev–Trinajstić information content (AvgIpc) is 3.15. The van der Waals surface area contributed by atoms with E-state index in [1.54, 1.807) is 7.11 Å². The minimum absolute atomic E-state index is 0.000283. The van der Waals surface area contributed by atoms with Gasteiger partial charge in [0, 0.05) is 68.9 Å². The van der Waals surface area contributed by atoms with Crippen LogP contribution in [0.5, 0.6) is 0 Å². The number of nitrogens with zero attached hydrogens (tertiary/aromatic N) is 1. The van der Waals surface area contributed by atoms with Gasteiger partial charge in [0.2, 0.25) is 0 Å². The number of fused-ring (bicyclic) bond motifs is 2. The molecule has 0 unspecified atom stereocenters. The van der Waals surface area contributed by atoms with Crippen molar-refractivity contribution in [1.29, 1.82) is 0 Å². The third kappa shape index (κ3) is 2.00. The van der Waals surface area contributed by atoms with E-state index in [0.717, 1.165) is 45.4 Å². The number of likely N-dealkylation sites (tertiary alicyclic amines) is 1. The Morgan fingerprint density at radius 1 is 1.10 bits per heavy atom. The molecule has 1 heterocycles. The van der Waals surface area contributed by atoms with Gasteiger partial charge in [0.15, 0.2) is 0 Å². The van der Waals surface area contributed by atoms with E-state index in [0.29, 0.717) is 18.4 Å². The van der Waals surface area contributed by atoms with Crippen LogP contribution in [0.4, 0.5) is 0 Å². The lowest BCUT2D eigenvalue weighted by atomic mass is 9.43. The van der Waals surface area contributed by atoms with Crippen LogP contribution in [-0.4, -0.2) is 86.1 Å². The summed E-state index contributed by atoms with van der Waals surface area (Å²) in [5.74, 6) is 1.03. The fourth-order valence-electron chi connectivity index (χ4n) is 10.7. The van der Waals surface area contributed by atoms with E-state index in [1.807, 2.05) is 14.2 Å². The van der Waals surface area contributed by atoms with Crippen LogP contribution in [0.15, 0.2) is 0 Å². The van der Waals surface area contributed by atoms with Gasteiger partial charge >= 0.3 is 0 Å². The summed E-state index contributed by atoms with van der Waals surface area (Å²) in [6.07, 6.45) is 4.52. The first-order valence-corrected chi connectivity index (χ1v) is 12.1. The van der Waals surface area contributed by atoms with Crippen LogP contribution in [-0.2, 0) is 14.2 Å². The predicted octanol–water partition coefficient (Wildman–Crippen LogP) is 1.53. The monoisotopic (exact) mass is 421 g/mol. The summed E-state index contributed by atoms with van der Waals surface area (Å²) >= 11 is 0. The van der Waals surface area contributed by atoms with E-state index in [4.69, 9.17) is 14.2 Å². The van der Waals surface area contributed by atoms with Gasteiger partial charge in [-0.2, -0.15) is 0 Å². The SMILES string of the molecule is CCN1C[C@]2(COC)CC[C@H](OC)[C@]34[C@@H]5C[C@H]6[C@H](O)[C@@H]5[C@](O)(C[C@@H]6OC)[C@@H](C[C@H]23)[C@@H]14. The lowest BCUT2D eigenvalue weighted by molar-refractivity contribution is -0.276. The third-order valence-corrected chi connectivity index (χ3v) is 11.2. The molecule has 5 aliphatic carbocycles. The molecule has 6 heteroatoms. The first-order chi connectivity index (χ1) is 14.4. The second kappa shape index (κ2) is 6.42. The second-order valence-electron chi connectivity index (χ2n) is 11.5. The first-order valence-electron chi connectivity index (χ1n) is 12.1. The second-order valence-corrected chi connectivity index (χ2v) is 11.5. The molecule has 2 N–H and O–H groups in total. The number of piperidine rings is 1. The summed E-state index contributed by atoms with van der Waals surface area (Å²) in [6.45, 7) is 5.11. The van der Waals surface area contributed by atoms with E-state index < -0.39 is 11.7 Å². The molecule has 6 rings (SSSR count). The van der Waals surface area contributed by atoms with Crippen LogP contribution in [0.3, 0.4) is 0 Å². The molecule has 6 aliphatic rings. The highest BCUT2D eigenvalue weighted by molar-refractivity contribution is 5.33. The Hall–Kier alpha value is -0.240. The molecule has 0 aromatic rings. The summed E-state index contributed by atoms with van der Waals surface area (Å²) in [4.78, 5) is 2.67. The zero-order valence-corrected chi connectivity index (χ0v) is 18.9. The fraction of sp³-hybridized carbons (Fsp3) is 1.00. The lowest BCUT2D eigenvalue weighted by Crippen LogP contribution is -2.76. The maximum atomic E-state index is 12.4. The van der Waals surface area contributed by atoms with Gasteiger partial charge in [-0.3, -0.25) is 4.90 Å². The van der Waals surface area contributed by atoms with Gasteiger partial charge in [-0.25, -0.2) is 0 Å².